The largest absolute Gasteiger partial charge is 0.381 e. The van der Waals surface area contributed by atoms with Crippen LogP contribution in [0.5, 0.6) is 0 Å². The maximum absolute atomic E-state index is 12.2. The minimum Gasteiger partial charge on any atom is -0.381 e. The Morgan fingerprint density at radius 3 is 2.72 bits per heavy atom. The first-order valence-electron chi connectivity index (χ1n) is 5.95. The van der Waals surface area contributed by atoms with Crippen molar-refractivity contribution in [3.8, 4) is 0 Å². The van der Waals surface area contributed by atoms with Crippen molar-refractivity contribution >= 4 is 21.8 Å². The number of ether oxygens (including phenoxy) is 1. The molecule has 0 saturated carbocycles. The third-order valence-electron chi connectivity index (χ3n) is 3.63. The second-order valence-electron chi connectivity index (χ2n) is 4.63. The van der Waals surface area contributed by atoms with E-state index in [1.54, 1.807) is 0 Å². The molecule has 1 heterocycles. The Morgan fingerprint density at radius 2 is 2.11 bits per heavy atom. The molecule has 0 spiro atoms. The molecule has 0 aliphatic carbocycles. The zero-order chi connectivity index (χ0) is 13.2. The summed E-state index contributed by atoms with van der Waals surface area (Å²) in [4.78, 5) is 12.2. The number of nitrogens with two attached hydrogens (primary N) is 1. The lowest BCUT2D eigenvalue weighted by atomic mass is 9.72. The first kappa shape index (κ1) is 13.5. The Balaban J connectivity index is 2.51. The molecule has 1 aliphatic rings. The molecule has 1 saturated heterocycles. The molecule has 1 aromatic rings. The van der Waals surface area contributed by atoms with Crippen molar-refractivity contribution in [2.45, 2.75) is 25.2 Å². The standard InChI is InChI=1S/C13H17BrN2O2/c1-9-2-3-10(14)8-11(9)13(12(17)16-15)4-6-18-7-5-13/h2-3,8H,4-7,15H2,1H3,(H,16,17). The number of carbonyl (C=O) groups excluding carboxylic acids is 1. The van der Waals surface area contributed by atoms with Crippen molar-refractivity contribution in [3.05, 3.63) is 33.8 Å². The number of amides is 1. The van der Waals surface area contributed by atoms with Crippen molar-refractivity contribution in [2.75, 3.05) is 13.2 Å². The van der Waals surface area contributed by atoms with Gasteiger partial charge in [-0.2, -0.15) is 0 Å². The molecular formula is C13H17BrN2O2. The number of hydrogen-bond donors (Lipinski definition) is 2. The van der Waals surface area contributed by atoms with Gasteiger partial charge >= 0.3 is 0 Å². The maximum Gasteiger partial charge on any atom is 0.244 e. The van der Waals surface area contributed by atoms with Gasteiger partial charge in [0, 0.05) is 17.7 Å². The van der Waals surface area contributed by atoms with Crippen LogP contribution >= 0.6 is 15.9 Å². The third-order valence-corrected chi connectivity index (χ3v) is 4.12. The summed E-state index contributed by atoms with van der Waals surface area (Å²) in [6.45, 7) is 3.18. The van der Waals surface area contributed by atoms with Crippen molar-refractivity contribution in [1.82, 2.24) is 5.43 Å². The van der Waals surface area contributed by atoms with Crippen LogP contribution in [0.1, 0.15) is 24.0 Å². The average molecular weight is 313 g/mol. The van der Waals surface area contributed by atoms with Crippen LogP contribution in [0.25, 0.3) is 0 Å². The summed E-state index contributed by atoms with van der Waals surface area (Å²) < 4.78 is 6.35. The van der Waals surface area contributed by atoms with Gasteiger partial charge in [0.2, 0.25) is 5.91 Å². The number of carbonyl (C=O) groups is 1. The summed E-state index contributed by atoms with van der Waals surface area (Å²) in [5.74, 6) is 5.23. The second kappa shape index (κ2) is 5.38. The molecule has 0 radical (unpaired) electrons. The van der Waals surface area contributed by atoms with Crippen LogP contribution in [-0.4, -0.2) is 19.1 Å². The van der Waals surface area contributed by atoms with Crippen molar-refractivity contribution < 1.29 is 9.53 Å². The third kappa shape index (κ3) is 2.30. The van der Waals surface area contributed by atoms with Gasteiger partial charge in [0.15, 0.2) is 0 Å². The van der Waals surface area contributed by atoms with Crippen molar-refractivity contribution in [2.24, 2.45) is 5.84 Å². The highest BCUT2D eigenvalue weighted by Gasteiger charge is 2.42. The van der Waals surface area contributed by atoms with Crippen LogP contribution in [0.4, 0.5) is 0 Å². The summed E-state index contributed by atoms with van der Waals surface area (Å²) in [5, 5.41) is 0. The van der Waals surface area contributed by atoms with E-state index < -0.39 is 5.41 Å². The van der Waals surface area contributed by atoms with E-state index in [0.717, 1.165) is 15.6 Å². The molecule has 0 aromatic heterocycles. The molecule has 5 heteroatoms. The van der Waals surface area contributed by atoms with Gasteiger partial charge < -0.3 is 4.74 Å². The molecule has 0 atom stereocenters. The highest BCUT2D eigenvalue weighted by molar-refractivity contribution is 9.10. The average Bonchev–Trinajstić information content (AvgIpc) is 2.41. The van der Waals surface area contributed by atoms with Crippen LogP contribution in [0.15, 0.2) is 22.7 Å². The number of benzene rings is 1. The fourth-order valence-electron chi connectivity index (χ4n) is 2.59. The van der Waals surface area contributed by atoms with E-state index in [0.29, 0.717) is 26.1 Å². The predicted molar refractivity (Wildman–Crippen MR) is 72.9 cm³/mol. The summed E-state index contributed by atoms with van der Waals surface area (Å²) in [6.07, 6.45) is 1.32. The van der Waals surface area contributed by atoms with E-state index in [1.807, 2.05) is 25.1 Å². The molecule has 1 aliphatic heterocycles. The summed E-state index contributed by atoms with van der Waals surface area (Å²) in [7, 11) is 0. The van der Waals surface area contributed by atoms with Gasteiger partial charge in [-0.3, -0.25) is 10.2 Å². The molecule has 0 bridgehead atoms. The molecule has 0 unspecified atom stereocenters. The number of rotatable bonds is 2. The van der Waals surface area contributed by atoms with Gasteiger partial charge in [0.25, 0.3) is 0 Å². The maximum atomic E-state index is 12.2. The lowest BCUT2D eigenvalue weighted by molar-refractivity contribution is -0.130. The fourth-order valence-corrected chi connectivity index (χ4v) is 2.95. The van der Waals surface area contributed by atoms with E-state index in [1.165, 1.54) is 0 Å². The van der Waals surface area contributed by atoms with Crippen LogP contribution in [-0.2, 0) is 14.9 Å². The lowest BCUT2D eigenvalue weighted by Crippen LogP contribution is -2.50. The van der Waals surface area contributed by atoms with Gasteiger partial charge in [0.05, 0.1) is 5.41 Å². The molecular weight excluding hydrogens is 296 g/mol. The Bertz CT molecular complexity index is 456. The van der Waals surface area contributed by atoms with Crippen LogP contribution in [0.3, 0.4) is 0 Å². The highest BCUT2D eigenvalue weighted by Crippen LogP contribution is 2.38. The Labute approximate surface area is 115 Å². The first-order chi connectivity index (χ1) is 8.60. The molecule has 18 heavy (non-hydrogen) atoms. The minimum absolute atomic E-state index is 0.132. The summed E-state index contributed by atoms with van der Waals surface area (Å²) in [5.41, 5.74) is 3.87. The lowest BCUT2D eigenvalue weighted by Gasteiger charge is -2.36. The van der Waals surface area contributed by atoms with Gasteiger partial charge in [-0.15, -0.1) is 0 Å². The smallest absolute Gasteiger partial charge is 0.244 e. The normalized spacial score (nSPS) is 18.4. The van der Waals surface area contributed by atoms with E-state index in [-0.39, 0.29) is 5.91 Å². The highest BCUT2D eigenvalue weighted by atomic mass is 79.9. The number of hydrazine groups is 1. The van der Waals surface area contributed by atoms with Gasteiger partial charge in [0.1, 0.15) is 0 Å². The van der Waals surface area contributed by atoms with Crippen molar-refractivity contribution in [1.29, 1.82) is 0 Å². The van der Waals surface area contributed by atoms with Gasteiger partial charge in [-0.05, 0) is 43.0 Å². The van der Waals surface area contributed by atoms with E-state index >= 15 is 0 Å². The summed E-state index contributed by atoms with van der Waals surface area (Å²) in [6, 6.07) is 6.00. The minimum atomic E-state index is -0.569. The fraction of sp³-hybridized carbons (Fsp3) is 0.462. The molecule has 1 aromatic carbocycles. The molecule has 1 fully saturated rings. The zero-order valence-corrected chi connectivity index (χ0v) is 11.9. The molecule has 98 valence electrons. The van der Waals surface area contributed by atoms with E-state index in [9.17, 15) is 4.79 Å². The van der Waals surface area contributed by atoms with Crippen molar-refractivity contribution in [3.63, 3.8) is 0 Å². The number of halogens is 1. The van der Waals surface area contributed by atoms with Crippen LogP contribution < -0.4 is 11.3 Å². The van der Waals surface area contributed by atoms with E-state index in [4.69, 9.17) is 10.6 Å². The zero-order valence-electron chi connectivity index (χ0n) is 10.3. The van der Waals surface area contributed by atoms with Crippen LogP contribution in [0, 0.1) is 6.92 Å². The molecule has 3 N–H and O–H groups in total. The molecule has 4 nitrogen and oxygen atoms in total. The Kier molecular flexibility index (Phi) is 4.04. The van der Waals surface area contributed by atoms with E-state index in [2.05, 4.69) is 21.4 Å². The molecule has 1 amide bonds. The first-order valence-corrected chi connectivity index (χ1v) is 6.75. The predicted octanol–water partition coefficient (Wildman–Crippen LogP) is 1.80. The monoisotopic (exact) mass is 312 g/mol. The summed E-state index contributed by atoms with van der Waals surface area (Å²) >= 11 is 3.46. The van der Waals surface area contributed by atoms with Gasteiger partial charge in [-0.25, -0.2) is 5.84 Å². The topological polar surface area (TPSA) is 64.4 Å². The Morgan fingerprint density at radius 1 is 1.44 bits per heavy atom. The number of aryl methyl sites for hydroxylation is 1. The quantitative estimate of drug-likeness (QED) is 0.497. The number of hydrogen-bond acceptors (Lipinski definition) is 3. The second-order valence-corrected chi connectivity index (χ2v) is 5.54. The Hall–Kier alpha value is -0.910. The molecule has 2 rings (SSSR count). The van der Waals surface area contributed by atoms with Gasteiger partial charge in [-0.1, -0.05) is 22.0 Å². The number of nitrogens with one attached hydrogen (secondary N) is 1. The SMILES string of the molecule is Cc1ccc(Br)cc1C1(C(=O)NN)CCOCC1. The van der Waals surface area contributed by atoms with Crippen LogP contribution in [0.2, 0.25) is 0 Å².